The highest BCUT2D eigenvalue weighted by atomic mass is 32.1. The molecule has 0 atom stereocenters. The number of hydrogen-bond donors (Lipinski definition) is 2. The lowest BCUT2D eigenvalue weighted by Gasteiger charge is -2.24. The quantitative estimate of drug-likeness (QED) is 0.532. The molecule has 0 aromatic rings. The minimum atomic E-state index is 0.676. The van der Waals surface area contributed by atoms with E-state index in [4.69, 9.17) is 0 Å². The molecular formula is C7H15NS. The van der Waals surface area contributed by atoms with Gasteiger partial charge in [-0.15, -0.1) is 0 Å². The topological polar surface area (TPSA) is 12.0 Å². The fraction of sp³-hybridized carbons (Fsp3) is 1.00. The lowest BCUT2D eigenvalue weighted by molar-refractivity contribution is 0.403. The molecule has 9 heavy (non-hydrogen) atoms. The van der Waals surface area contributed by atoms with Gasteiger partial charge in [0.2, 0.25) is 0 Å². The second-order valence-electron chi connectivity index (χ2n) is 2.79. The molecule has 1 aliphatic rings. The molecule has 0 aliphatic heterocycles. The van der Waals surface area contributed by atoms with Gasteiger partial charge in [0.15, 0.2) is 0 Å². The minimum absolute atomic E-state index is 0.676. The molecule has 2 heteroatoms. The molecule has 1 aliphatic carbocycles. The summed E-state index contributed by atoms with van der Waals surface area (Å²) in [6, 6.07) is 0.772. The van der Waals surface area contributed by atoms with Gasteiger partial charge in [-0.1, -0.05) is 0 Å². The normalized spacial score (nSPS) is 36.7. The predicted molar refractivity (Wildman–Crippen MR) is 44.1 cm³/mol. The van der Waals surface area contributed by atoms with Crippen molar-refractivity contribution in [2.45, 2.75) is 37.0 Å². The molecule has 1 rings (SSSR count). The molecule has 1 nitrogen and oxygen atoms in total. The fourth-order valence-corrected chi connectivity index (χ4v) is 1.66. The molecule has 0 radical (unpaired) electrons. The first-order valence-electron chi connectivity index (χ1n) is 3.68. The second kappa shape index (κ2) is 3.47. The smallest absolute Gasteiger partial charge is 0.00648 e. The predicted octanol–water partition coefficient (Wildman–Crippen LogP) is 1.45. The highest BCUT2D eigenvalue weighted by Gasteiger charge is 2.16. The van der Waals surface area contributed by atoms with E-state index in [1.807, 2.05) is 7.05 Å². The largest absolute Gasteiger partial charge is 0.317 e. The van der Waals surface area contributed by atoms with E-state index >= 15 is 0 Å². The number of thiol groups is 1. The summed E-state index contributed by atoms with van der Waals surface area (Å²) in [4.78, 5) is 0. The average molecular weight is 145 g/mol. The Hall–Kier alpha value is 0.310. The summed E-state index contributed by atoms with van der Waals surface area (Å²) in [7, 11) is 2.05. The molecule has 0 spiro atoms. The van der Waals surface area contributed by atoms with Crippen molar-refractivity contribution in [3.63, 3.8) is 0 Å². The van der Waals surface area contributed by atoms with Crippen molar-refractivity contribution >= 4 is 12.6 Å². The van der Waals surface area contributed by atoms with Gasteiger partial charge in [-0.3, -0.25) is 0 Å². The van der Waals surface area contributed by atoms with Gasteiger partial charge in [0.05, 0.1) is 0 Å². The first-order chi connectivity index (χ1) is 4.33. The number of nitrogens with one attached hydrogen (secondary N) is 1. The van der Waals surface area contributed by atoms with Crippen LogP contribution in [0, 0.1) is 0 Å². The summed E-state index contributed by atoms with van der Waals surface area (Å²) in [5, 5.41) is 3.97. The molecule has 0 heterocycles. The van der Waals surface area contributed by atoms with Gasteiger partial charge in [-0.05, 0) is 32.7 Å². The van der Waals surface area contributed by atoms with Crippen molar-refractivity contribution in [2.24, 2.45) is 0 Å². The fourth-order valence-electron chi connectivity index (χ4n) is 1.36. The summed E-state index contributed by atoms with van der Waals surface area (Å²) in [5.41, 5.74) is 0. The van der Waals surface area contributed by atoms with Crippen LogP contribution in [0.3, 0.4) is 0 Å². The highest BCUT2D eigenvalue weighted by Crippen LogP contribution is 2.21. The van der Waals surface area contributed by atoms with E-state index < -0.39 is 0 Å². The Labute approximate surface area is 62.6 Å². The van der Waals surface area contributed by atoms with Crippen LogP contribution in [0.4, 0.5) is 0 Å². The van der Waals surface area contributed by atoms with Crippen LogP contribution in [0.1, 0.15) is 25.7 Å². The van der Waals surface area contributed by atoms with Crippen LogP contribution >= 0.6 is 12.6 Å². The lowest BCUT2D eigenvalue weighted by atomic mass is 9.95. The van der Waals surface area contributed by atoms with E-state index in [0.29, 0.717) is 5.25 Å². The zero-order chi connectivity index (χ0) is 6.69. The Balaban J connectivity index is 2.18. The van der Waals surface area contributed by atoms with E-state index in [2.05, 4.69) is 17.9 Å². The van der Waals surface area contributed by atoms with Crippen molar-refractivity contribution in [3.8, 4) is 0 Å². The van der Waals surface area contributed by atoms with Gasteiger partial charge in [0, 0.05) is 11.3 Å². The van der Waals surface area contributed by atoms with Crippen molar-refractivity contribution < 1.29 is 0 Å². The maximum absolute atomic E-state index is 4.41. The Morgan fingerprint density at radius 1 is 1.22 bits per heavy atom. The molecule has 54 valence electrons. The maximum Gasteiger partial charge on any atom is 0.00648 e. The monoisotopic (exact) mass is 145 g/mol. The van der Waals surface area contributed by atoms with Crippen LogP contribution in [-0.4, -0.2) is 18.3 Å². The molecule has 1 fully saturated rings. The van der Waals surface area contributed by atoms with Crippen molar-refractivity contribution in [2.75, 3.05) is 7.05 Å². The molecule has 0 bridgehead atoms. The van der Waals surface area contributed by atoms with Gasteiger partial charge in [-0.25, -0.2) is 0 Å². The standard InChI is InChI=1S/C7H15NS/c1-8-6-2-4-7(9)5-3-6/h6-9H,2-5H2,1H3/t6-,7-. The van der Waals surface area contributed by atoms with E-state index in [1.54, 1.807) is 0 Å². The molecule has 0 aromatic carbocycles. The van der Waals surface area contributed by atoms with Gasteiger partial charge in [-0.2, -0.15) is 12.6 Å². The van der Waals surface area contributed by atoms with Gasteiger partial charge in [0.25, 0.3) is 0 Å². The van der Waals surface area contributed by atoms with Crippen LogP contribution < -0.4 is 5.32 Å². The van der Waals surface area contributed by atoms with Gasteiger partial charge < -0.3 is 5.32 Å². The van der Waals surface area contributed by atoms with Crippen LogP contribution in [0.25, 0.3) is 0 Å². The van der Waals surface area contributed by atoms with Crippen LogP contribution in [-0.2, 0) is 0 Å². The minimum Gasteiger partial charge on any atom is -0.317 e. The third kappa shape index (κ3) is 2.18. The molecule has 0 aromatic heterocycles. The molecule has 0 amide bonds. The Kier molecular flexibility index (Phi) is 2.86. The average Bonchev–Trinajstić information content (AvgIpc) is 1.90. The third-order valence-electron chi connectivity index (χ3n) is 2.10. The maximum atomic E-state index is 4.41. The Morgan fingerprint density at radius 2 is 1.78 bits per heavy atom. The van der Waals surface area contributed by atoms with Crippen molar-refractivity contribution in [1.82, 2.24) is 5.32 Å². The van der Waals surface area contributed by atoms with Crippen LogP contribution in [0.2, 0.25) is 0 Å². The Bertz CT molecular complexity index is 77.0. The number of rotatable bonds is 1. The molecule has 1 saturated carbocycles. The summed E-state index contributed by atoms with van der Waals surface area (Å²) in [5.74, 6) is 0. The third-order valence-corrected chi connectivity index (χ3v) is 2.62. The second-order valence-corrected chi connectivity index (χ2v) is 3.52. The summed E-state index contributed by atoms with van der Waals surface area (Å²) >= 11 is 4.41. The summed E-state index contributed by atoms with van der Waals surface area (Å²) in [6.45, 7) is 0. The van der Waals surface area contributed by atoms with Crippen molar-refractivity contribution in [3.05, 3.63) is 0 Å². The van der Waals surface area contributed by atoms with E-state index in [0.717, 1.165) is 6.04 Å². The van der Waals surface area contributed by atoms with Gasteiger partial charge >= 0.3 is 0 Å². The molecule has 1 N–H and O–H groups in total. The van der Waals surface area contributed by atoms with Gasteiger partial charge in [0.1, 0.15) is 0 Å². The SMILES string of the molecule is CN[C@H]1CC[C@H](S)CC1. The van der Waals surface area contributed by atoms with E-state index in [-0.39, 0.29) is 0 Å². The molecule has 0 saturated heterocycles. The van der Waals surface area contributed by atoms with E-state index in [1.165, 1.54) is 25.7 Å². The lowest BCUT2D eigenvalue weighted by Crippen LogP contribution is -2.30. The molecule has 0 unspecified atom stereocenters. The Morgan fingerprint density at radius 3 is 2.22 bits per heavy atom. The first kappa shape index (κ1) is 7.42. The summed E-state index contributed by atoms with van der Waals surface area (Å²) in [6.07, 6.45) is 5.19. The first-order valence-corrected chi connectivity index (χ1v) is 4.20. The van der Waals surface area contributed by atoms with E-state index in [9.17, 15) is 0 Å². The zero-order valence-corrected chi connectivity index (χ0v) is 6.82. The zero-order valence-electron chi connectivity index (χ0n) is 5.93. The van der Waals surface area contributed by atoms with Crippen LogP contribution in [0.15, 0.2) is 0 Å². The van der Waals surface area contributed by atoms with Crippen LogP contribution in [0.5, 0.6) is 0 Å². The number of hydrogen-bond acceptors (Lipinski definition) is 2. The van der Waals surface area contributed by atoms with Crippen molar-refractivity contribution in [1.29, 1.82) is 0 Å². The summed E-state index contributed by atoms with van der Waals surface area (Å²) < 4.78 is 0. The molecular weight excluding hydrogens is 130 g/mol. The highest BCUT2D eigenvalue weighted by molar-refractivity contribution is 7.80.